The molecule has 1 rings (SSSR count). The van der Waals surface area contributed by atoms with Crippen LogP contribution in [0.3, 0.4) is 0 Å². The summed E-state index contributed by atoms with van der Waals surface area (Å²) in [5.41, 5.74) is 0.697. The van der Waals surface area contributed by atoms with Gasteiger partial charge in [0.2, 0.25) is 0 Å². The molecule has 21 heavy (non-hydrogen) atoms. The third-order valence-electron chi connectivity index (χ3n) is 2.46. The average Bonchev–Trinajstić information content (AvgIpc) is 2.50. The Morgan fingerprint density at radius 2 is 1.86 bits per heavy atom. The molecular formula is C14H15BrO6. The molecule has 0 aromatic heterocycles. The molecule has 114 valence electrons. The van der Waals surface area contributed by atoms with Crippen LogP contribution in [0, 0.1) is 0 Å². The zero-order valence-corrected chi connectivity index (χ0v) is 13.4. The van der Waals surface area contributed by atoms with Crippen LogP contribution in [-0.4, -0.2) is 39.9 Å². The quantitative estimate of drug-likeness (QED) is 0.573. The summed E-state index contributed by atoms with van der Waals surface area (Å²) in [6.45, 7) is -0.226. The largest absolute Gasteiger partial charge is 0.493 e. The highest BCUT2D eigenvalue weighted by Crippen LogP contribution is 2.34. The first-order valence-corrected chi connectivity index (χ1v) is 6.64. The van der Waals surface area contributed by atoms with Crippen LogP contribution < -0.4 is 9.47 Å². The van der Waals surface area contributed by atoms with E-state index in [9.17, 15) is 9.59 Å². The smallest absolute Gasteiger partial charge is 0.343 e. The van der Waals surface area contributed by atoms with E-state index in [2.05, 4.69) is 25.4 Å². The Balaban J connectivity index is 2.98. The second-order valence-electron chi connectivity index (χ2n) is 3.75. The van der Waals surface area contributed by atoms with Crippen molar-refractivity contribution in [3.63, 3.8) is 0 Å². The minimum Gasteiger partial charge on any atom is -0.493 e. The number of esters is 2. The van der Waals surface area contributed by atoms with Crippen molar-refractivity contribution < 1.29 is 28.5 Å². The first-order chi connectivity index (χ1) is 10.0. The highest BCUT2D eigenvalue weighted by Gasteiger charge is 2.11. The van der Waals surface area contributed by atoms with Crippen LogP contribution in [-0.2, 0) is 19.1 Å². The number of hydrogen-bond acceptors (Lipinski definition) is 6. The van der Waals surface area contributed by atoms with Gasteiger partial charge in [-0.05, 0) is 23.8 Å². The van der Waals surface area contributed by atoms with Gasteiger partial charge < -0.3 is 18.9 Å². The number of carbonyl (C=O) groups is 2. The Labute approximate surface area is 130 Å². The molecular weight excluding hydrogens is 344 g/mol. The lowest BCUT2D eigenvalue weighted by Gasteiger charge is -2.12. The lowest BCUT2D eigenvalue weighted by Crippen LogP contribution is -2.13. The molecule has 0 saturated carbocycles. The number of halogens is 1. The van der Waals surface area contributed by atoms with Crippen molar-refractivity contribution in [2.75, 3.05) is 27.9 Å². The topological polar surface area (TPSA) is 71.1 Å². The molecule has 1 aromatic carbocycles. The molecule has 0 aliphatic carbocycles. The number of benzene rings is 1. The second-order valence-corrected chi connectivity index (χ2v) is 4.60. The maximum Gasteiger partial charge on any atom is 0.343 e. The van der Waals surface area contributed by atoms with Gasteiger partial charge in [0, 0.05) is 10.5 Å². The van der Waals surface area contributed by atoms with Crippen molar-refractivity contribution in [1.82, 2.24) is 0 Å². The van der Waals surface area contributed by atoms with Crippen LogP contribution >= 0.6 is 15.9 Å². The fraction of sp³-hybridized carbons (Fsp3) is 0.286. The highest BCUT2D eigenvalue weighted by atomic mass is 79.9. The highest BCUT2D eigenvalue weighted by molar-refractivity contribution is 9.10. The molecule has 0 heterocycles. The van der Waals surface area contributed by atoms with E-state index in [1.807, 2.05) is 0 Å². The van der Waals surface area contributed by atoms with Crippen molar-refractivity contribution in [2.45, 2.75) is 0 Å². The summed E-state index contributed by atoms with van der Waals surface area (Å²) in [4.78, 5) is 22.2. The van der Waals surface area contributed by atoms with Crippen LogP contribution in [0.2, 0.25) is 0 Å². The predicted octanol–water partition coefficient (Wildman–Crippen LogP) is 2.20. The summed E-state index contributed by atoms with van der Waals surface area (Å²) in [5, 5.41) is 0. The third-order valence-corrected chi connectivity index (χ3v) is 3.14. The van der Waals surface area contributed by atoms with Crippen molar-refractivity contribution >= 4 is 33.9 Å². The number of carbonyl (C=O) groups excluding carboxylic acids is 2. The zero-order valence-electron chi connectivity index (χ0n) is 11.8. The van der Waals surface area contributed by atoms with Crippen molar-refractivity contribution in [3.05, 3.63) is 28.2 Å². The van der Waals surface area contributed by atoms with Crippen molar-refractivity contribution in [2.24, 2.45) is 0 Å². The van der Waals surface area contributed by atoms with Crippen LogP contribution in [0.15, 0.2) is 22.7 Å². The fourth-order valence-corrected chi connectivity index (χ4v) is 1.83. The summed E-state index contributed by atoms with van der Waals surface area (Å²) < 4.78 is 20.2. The SMILES string of the molecule is COC(=O)/C=C/c1cc(OC)c(OCC(=O)OC)cc1Br. The van der Waals surface area contributed by atoms with Crippen LogP contribution in [0.5, 0.6) is 11.5 Å². The summed E-state index contributed by atoms with van der Waals surface area (Å²) in [6.07, 6.45) is 2.86. The molecule has 0 amide bonds. The van der Waals surface area contributed by atoms with Gasteiger partial charge in [-0.3, -0.25) is 0 Å². The summed E-state index contributed by atoms with van der Waals surface area (Å²) >= 11 is 3.35. The Hall–Kier alpha value is -2.02. The van der Waals surface area contributed by atoms with Gasteiger partial charge in [0.25, 0.3) is 0 Å². The van der Waals surface area contributed by atoms with E-state index < -0.39 is 11.9 Å². The molecule has 0 radical (unpaired) electrons. The molecule has 0 N–H and O–H groups in total. The molecule has 6 nitrogen and oxygen atoms in total. The van der Waals surface area contributed by atoms with Gasteiger partial charge in [0.1, 0.15) is 0 Å². The molecule has 7 heteroatoms. The van der Waals surface area contributed by atoms with Gasteiger partial charge in [0.15, 0.2) is 18.1 Å². The van der Waals surface area contributed by atoms with E-state index >= 15 is 0 Å². The standard InChI is InChI=1S/C14H15BrO6/c1-18-11-6-9(4-5-13(16)19-2)10(15)7-12(11)21-8-14(17)20-3/h4-7H,8H2,1-3H3/b5-4+. The minimum absolute atomic E-state index is 0.226. The maximum atomic E-state index is 11.1. The van der Waals surface area contributed by atoms with E-state index in [1.54, 1.807) is 18.2 Å². The Morgan fingerprint density at radius 3 is 2.43 bits per heavy atom. The Kier molecular flexibility index (Phi) is 6.74. The summed E-state index contributed by atoms with van der Waals surface area (Å²) in [5.74, 6) is -0.161. The van der Waals surface area contributed by atoms with Gasteiger partial charge in [-0.1, -0.05) is 15.9 Å². The van der Waals surface area contributed by atoms with E-state index in [0.29, 0.717) is 21.5 Å². The third kappa shape index (κ3) is 5.11. The van der Waals surface area contributed by atoms with Gasteiger partial charge in [-0.15, -0.1) is 0 Å². The molecule has 0 aliphatic rings. The van der Waals surface area contributed by atoms with Gasteiger partial charge in [0.05, 0.1) is 21.3 Å². The molecule has 1 aromatic rings. The van der Waals surface area contributed by atoms with Gasteiger partial charge in [-0.25, -0.2) is 9.59 Å². The summed E-state index contributed by atoms with van der Waals surface area (Å²) in [7, 11) is 4.05. The van der Waals surface area contributed by atoms with Gasteiger partial charge >= 0.3 is 11.9 Å². The van der Waals surface area contributed by atoms with E-state index in [4.69, 9.17) is 9.47 Å². The number of rotatable bonds is 6. The molecule has 0 aliphatic heterocycles. The summed E-state index contributed by atoms with van der Waals surface area (Å²) in [6, 6.07) is 3.30. The predicted molar refractivity (Wildman–Crippen MR) is 79.3 cm³/mol. The lowest BCUT2D eigenvalue weighted by atomic mass is 10.2. The van der Waals surface area contributed by atoms with Crippen LogP contribution in [0.1, 0.15) is 5.56 Å². The molecule has 0 spiro atoms. The molecule has 0 bridgehead atoms. The van der Waals surface area contributed by atoms with Crippen molar-refractivity contribution in [3.8, 4) is 11.5 Å². The molecule has 0 unspecified atom stereocenters. The van der Waals surface area contributed by atoms with E-state index in [0.717, 1.165) is 0 Å². The van der Waals surface area contributed by atoms with Crippen LogP contribution in [0.4, 0.5) is 0 Å². The van der Waals surface area contributed by atoms with Crippen molar-refractivity contribution in [1.29, 1.82) is 0 Å². The number of ether oxygens (including phenoxy) is 4. The zero-order chi connectivity index (χ0) is 15.8. The Morgan fingerprint density at radius 1 is 1.14 bits per heavy atom. The minimum atomic E-state index is -0.497. The van der Waals surface area contributed by atoms with Crippen LogP contribution in [0.25, 0.3) is 6.08 Å². The molecule has 0 fully saturated rings. The van der Waals surface area contributed by atoms with E-state index in [1.165, 1.54) is 27.4 Å². The lowest BCUT2D eigenvalue weighted by molar-refractivity contribution is -0.143. The normalized spacial score (nSPS) is 10.3. The Bertz CT molecular complexity index is 553. The average molecular weight is 359 g/mol. The maximum absolute atomic E-state index is 11.1. The van der Waals surface area contributed by atoms with E-state index in [-0.39, 0.29) is 6.61 Å². The van der Waals surface area contributed by atoms with Gasteiger partial charge in [-0.2, -0.15) is 0 Å². The first kappa shape index (κ1) is 17.0. The molecule has 0 saturated heterocycles. The fourth-order valence-electron chi connectivity index (χ4n) is 1.37. The second kappa shape index (κ2) is 8.31. The monoisotopic (exact) mass is 358 g/mol. The number of methoxy groups -OCH3 is 3. The first-order valence-electron chi connectivity index (χ1n) is 5.85. The number of hydrogen-bond donors (Lipinski definition) is 0. The molecule has 0 atom stereocenters.